The number of aliphatic imine (C=N–C) groups is 1. The largest absolute Gasteiger partial charge is 0.444 e. The number of nitrogens with one attached hydrogen (secondary N) is 2. The Morgan fingerprint density at radius 2 is 2.27 bits per heavy atom. The molecule has 126 valence electrons. The number of nitrogens with zero attached hydrogens (tertiary/aromatic N) is 2. The average Bonchev–Trinajstić information content (AvgIpc) is 2.47. The Kier molecular flexibility index (Phi) is 5.91. The molecule has 0 saturated carbocycles. The molecule has 2 aliphatic rings. The van der Waals surface area contributed by atoms with E-state index in [1.165, 1.54) is 6.42 Å². The van der Waals surface area contributed by atoms with Gasteiger partial charge in [0.1, 0.15) is 5.60 Å². The van der Waals surface area contributed by atoms with Crippen molar-refractivity contribution in [3.8, 4) is 0 Å². The van der Waals surface area contributed by atoms with Crippen molar-refractivity contribution < 1.29 is 9.53 Å². The second kappa shape index (κ2) is 7.70. The highest BCUT2D eigenvalue weighted by molar-refractivity contribution is 5.80. The molecule has 0 bridgehead atoms. The van der Waals surface area contributed by atoms with Crippen LogP contribution in [0.4, 0.5) is 4.79 Å². The number of ether oxygens (including phenoxy) is 1. The fourth-order valence-corrected chi connectivity index (χ4v) is 2.84. The van der Waals surface area contributed by atoms with Crippen molar-refractivity contribution in [1.82, 2.24) is 15.5 Å². The van der Waals surface area contributed by atoms with E-state index in [2.05, 4.69) is 15.6 Å². The van der Waals surface area contributed by atoms with Gasteiger partial charge in [-0.1, -0.05) is 0 Å². The molecule has 22 heavy (non-hydrogen) atoms. The van der Waals surface area contributed by atoms with E-state index < -0.39 is 5.60 Å². The lowest BCUT2D eigenvalue weighted by Crippen LogP contribution is -2.44. The molecule has 1 unspecified atom stereocenters. The van der Waals surface area contributed by atoms with Crippen molar-refractivity contribution >= 4 is 12.1 Å². The summed E-state index contributed by atoms with van der Waals surface area (Å²) in [7, 11) is 0. The minimum absolute atomic E-state index is 0.177. The molecule has 1 fully saturated rings. The minimum atomic E-state index is -0.420. The number of guanidine groups is 1. The van der Waals surface area contributed by atoms with Gasteiger partial charge in [-0.3, -0.25) is 4.99 Å². The maximum absolute atomic E-state index is 12.1. The molecule has 1 saturated heterocycles. The van der Waals surface area contributed by atoms with E-state index in [-0.39, 0.29) is 6.09 Å². The molecule has 2 aliphatic heterocycles. The lowest BCUT2D eigenvalue weighted by molar-refractivity contribution is 0.0162. The molecular weight excluding hydrogens is 280 g/mol. The summed E-state index contributed by atoms with van der Waals surface area (Å²) in [5.41, 5.74) is -0.420. The Balaban J connectivity index is 1.71. The predicted molar refractivity (Wildman–Crippen MR) is 88.1 cm³/mol. The van der Waals surface area contributed by atoms with Gasteiger partial charge < -0.3 is 20.3 Å². The summed E-state index contributed by atoms with van der Waals surface area (Å²) >= 11 is 0. The van der Waals surface area contributed by atoms with Crippen LogP contribution in [0.2, 0.25) is 0 Å². The lowest BCUT2D eigenvalue weighted by atomic mass is 9.95. The molecular formula is C16H30N4O2. The zero-order valence-corrected chi connectivity index (χ0v) is 14.2. The van der Waals surface area contributed by atoms with Gasteiger partial charge in [-0.2, -0.15) is 0 Å². The summed E-state index contributed by atoms with van der Waals surface area (Å²) in [6, 6.07) is 0. The van der Waals surface area contributed by atoms with Gasteiger partial charge in [0, 0.05) is 32.7 Å². The summed E-state index contributed by atoms with van der Waals surface area (Å²) in [6.07, 6.45) is 4.23. The fraction of sp³-hybridized carbons (Fsp3) is 0.875. The van der Waals surface area contributed by atoms with E-state index in [0.717, 1.165) is 57.9 Å². The Morgan fingerprint density at radius 3 is 2.95 bits per heavy atom. The van der Waals surface area contributed by atoms with Gasteiger partial charge in [0.2, 0.25) is 0 Å². The smallest absolute Gasteiger partial charge is 0.410 e. The normalized spacial score (nSPS) is 22.6. The number of hydrogen-bond donors (Lipinski definition) is 2. The minimum Gasteiger partial charge on any atom is -0.444 e. The third-order valence-electron chi connectivity index (χ3n) is 3.91. The van der Waals surface area contributed by atoms with Crippen LogP contribution in [-0.2, 0) is 4.74 Å². The molecule has 0 spiro atoms. The van der Waals surface area contributed by atoms with Crippen LogP contribution < -0.4 is 10.6 Å². The molecule has 6 heteroatoms. The maximum atomic E-state index is 12.1. The number of hydrogen-bond acceptors (Lipinski definition) is 5. The Morgan fingerprint density at radius 1 is 1.45 bits per heavy atom. The SMILES string of the molecule is CC(C)(C)OC(=O)N1CCCC(CCNC2=NCCCN2)C1. The van der Waals surface area contributed by atoms with Crippen molar-refractivity contribution in [2.45, 2.75) is 52.1 Å². The molecule has 0 aromatic carbocycles. The number of rotatable bonds is 3. The number of carbonyl (C=O) groups excluding carboxylic acids is 1. The van der Waals surface area contributed by atoms with Crippen LogP contribution in [0.25, 0.3) is 0 Å². The van der Waals surface area contributed by atoms with Crippen molar-refractivity contribution in [3.05, 3.63) is 0 Å². The quantitative estimate of drug-likeness (QED) is 0.836. The van der Waals surface area contributed by atoms with E-state index in [1.54, 1.807) is 0 Å². The molecule has 0 aromatic heterocycles. The standard InChI is InChI=1S/C16H30N4O2/c1-16(2,3)22-15(21)20-11-4-6-13(12-20)7-10-19-14-17-8-5-9-18-14/h13H,4-12H2,1-3H3,(H2,17,18,19). The van der Waals surface area contributed by atoms with Gasteiger partial charge in [0.25, 0.3) is 0 Å². The van der Waals surface area contributed by atoms with Crippen LogP contribution in [0, 0.1) is 5.92 Å². The molecule has 6 nitrogen and oxygen atoms in total. The van der Waals surface area contributed by atoms with Crippen LogP contribution in [0.5, 0.6) is 0 Å². The number of likely N-dealkylation sites (tertiary alicyclic amines) is 1. The van der Waals surface area contributed by atoms with Crippen molar-refractivity contribution in [1.29, 1.82) is 0 Å². The number of amides is 1. The van der Waals surface area contributed by atoms with E-state index in [9.17, 15) is 4.79 Å². The van der Waals surface area contributed by atoms with E-state index in [1.807, 2.05) is 25.7 Å². The summed E-state index contributed by atoms with van der Waals surface area (Å²) in [6.45, 7) is 10.2. The molecule has 2 heterocycles. The summed E-state index contributed by atoms with van der Waals surface area (Å²) in [5, 5.41) is 6.62. The second-order valence-corrected chi connectivity index (χ2v) is 7.16. The van der Waals surface area contributed by atoms with Gasteiger partial charge in [0.05, 0.1) is 0 Å². The highest BCUT2D eigenvalue weighted by Crippen LogP contribution is 2.21. The third kappa shape index (κ3) is 5.73. The molecule has 1 atom stereocenters. The predicted octanol–water partition coefficient (Wildman–Crippen LogP) is 1.96. The summed E-state index contributed by atoms with van der Waals surface area (Å²) < 4.78 is 5.47. The zero-order valence-electron chi connectivity index (χ0n) is 14.2. The molecule has 2 N–H and O–H groups in total. The Bertz CT molecular complexity index is 403. The molecule has 0 radical (unpaired) electrons. The first-order chi connectivity index (χ1) is 10.4. The average molecular weight is 310 g/mol. The molecule has 0 aliphatic carbocycles. The first-order valence-corrected chi connectivity index (χ1v) is 8.44. The maximum Gasteiger partial charge on any atom is 0.410 e. The van der Waals surface area contributed by atoms with Crippen LogP contribution >= 0.6 is 0 Å². The molecule has 2 rings (SSSR count). The highest BCUT2D eigenvalue weighted by atomic mass is 16.6. The van der Waals surface area contributed by atoms with E-state index in [0.29, 0.717) is 5.92 Å². The van der Waals surface area contributed by atoms with Gasteiger partial charge >= 0.3 is 6.09 Å². The van der Waals surface area contributed by atoms with Crippen LogP contribution in [0.1, 0.15) is 46.5 Å². The highest BCUT2D eigenvalue weighted by Gasteiger charge is 2.27. The molecule has 0 aromatic rings. The zero-order chi connectivity index (χ0) is 16.0. The van der Waals surface area contributed by atoms with Crippen LogP contribution in [0.15, 0.2) is 4.99 Å². The first-order valence-electron chi connectivity index (χ1n) is 8.44. The number of piperidine rings is 1. The topological polar surface area (TPSA) is 66.0 Å². The fourth-order valence-electron chi connectivity index (χ4n) is 2.84. The van der Waals surface area contributed by atoms with E-state index in [4.69, 9.17) is 4.74 Å². The summed E-state index contributed by atoms with van der Waals surface area (Å²) in [4.78, 5) is 18.4. The number of carbonyl (C=O) groups is 1. The van der Waals surface area contributed by atoms with Gasteiger partial charge in [0.15, 0.2) is 5.96 Å². The Hall–Kier alpha value is -1.46. The Labute approximate surface area is 133 Å². The van der Waals surface area contributed by atoms with Crippen LogP contribution in [-0.4, -0.2) is 55.3 Å². The second-order valence-electron chi connectivity index (χ2n) is 7.16. The van der Waals surface area contributed by atoms with Crippen molar-refractivity contribution in [2.24, 2.45) is 10.9 Å². The van der Waals surface area contributed by atoms with Gasteiger partial charge in [-0.15, -0.1) is 0 Å². The monoisotopic (exact) mass is 310 g/mol. The summed E-state index contributed by atoms with van der Waals surface area (Å²) in [5.74, 6) is 1.46. The third-order valence-corrected chi connectivity index (χ3v) is 3.91. The van der Waals surface area contributed by atoms with Crippen molar-refractivity contribution in [3.63, 3.8) is 0 Å². The van der Waals surface area contributed by atoms with E-state index >= 15 is 0 Å². The lowest BCUT2D eigenvalue weighted by Gasteiger charge is -2.34. The van der Waals surface area contributed by atoms with Crippen LogP contribution in [0.3, 0.4) is 0 Å². The first kappa shape index (κ1) is 16.9. The molecule has 1 amide bonds. The van der Waals surface area contributed by atoms with Gasteiger partial charge in [-0.05, 0) is 52.4 Å². The van der Waals surface area contributed by atoms with Crippen molar-refractivity contribution in [2.75, 3.05) is 32.7 Å². The van der Waals surface area contributed by atoms with Gasteiger partial charge in [-0.25, -0.2) is 4.79 Å².